The summed E-state index contributed by atoms with van der Waals surface area (Å²) in [6.07, 6.45) is 4.54. The van der Waals surface area contributed by atoms with Crippen molar-refractivity contribution in [1.29, 1.82) is 0 Å². The minimum absolute atomic E-state index is 0.0585. The van der Waals surface area contributed by atoms with E-state index in [-0.39, 0.29) is 5.78 Å². The molecule has 4 nitrogen and oxygen atoms in total. The number of pyridine rings is 1. The molecule has 2 aromatic rings. The van der Waals surface area contributed by atoms with Crippen LogP contribution in [0.5, 0.6) is 11.6 Å². The molecule has 0 N–H and O–H groups in total. The van der Waals surface area contributed by atoms with Crippen molar-refractivity contribution >= 4 is 5.78 Å². The predicted octanol–water partition coefficient (Wildman–Crippen LogP) is 3.06. The highest BCUT2D eigenvalue weighted by Crippen LogP contribution is 2.27. The second kappa shape index (κ2) is 5.95. The summed E-state index contributed by atoms with van der Waals surface area (Å²) in [5.74, 6) is 1.38. The lowest BCUT2D eigenvalue weighted by molar-refractivity contribution is 0.0992. The fraction of sp³-hybridized carbons (Fsp3) is 0.294. The molecule has 4 heteroatoms. The molecule has 0 radical (unpaired) electrons. The molecular formula is C17H17NO3. The number of hydrogen-bond donors (Lipinski definition) is 0. The van der Waals surface area contributed by atoms with E-state index in [2.05, 4.69) is 4.98 Å². The number of aromatic nitrogens is 1. The van der Waals surface area contributed by atoms with Gasteiger partial charge in [0.05, 0.1) is 13.2 Å². The number of carbonyl (C=O) groups excluding carboxylic acids is 1. The molecule has 1 aromatic heterocycles. The van der Waals surface area contributed by atoms with Gasteiger partial charge in [-0.3, -0.25) is 4.79 Å². The Hall–Kier alpha value is -2.36. The summed E-state index contributed by atoms with van der Waals surface area (Å²) < 4.78 is 10.7. The maximum Gasteiger partial charge on any atom is 0.212 e. The predicted molar refractivity (Wildman–Crippen MR) is 78.9 cm³/mol. The molecule has 0 atom stereocenters. The molecular weight excluding hydrogens is 266 g/mol. The molecule has 1 saturated carbocycles. The molecule has 0 aliphatic heterocycles. The molecule has 1 aliphatic carbocycles. The van der Waals surface area contributed by atoms with Crippen LogP contribution < -0.4 is 9.47 Å². The minimum atomic E-state index is 0.0585. The lowest BCUT2D eigenvalue weighted by Crippen LogP contribution is -2.05. The Morgan fingerprint density at radius 2 is 2.14 bits per heavy atom. The van der Waals surface area contributed by atoms with E-state index < -0.39 is 0 Å². The Bertz CT molecular complexity index is 633. The highest BCUT2D eigenvalue weighted by atomic mass is 16.5. The standard InChI is InChI=1S/C17H17NO3/c1-20-17-8-5-12(11-18-17)9-16(19)13-3-2-4-15(10-13)21-14-6-7-14/h2-5,8,10-11,14H,6-7,9H2,1H3. The SMILES string of the molecule is COc1ccc(CC(=O)c2cccc(OC3CC3)c2)cn1. The van der Waals surface area contributed by atoms with Crippen LogP contribution in [0.1, 0.15) is 28.8 Å². The molecule has 21 heavy (non-hydrogen) atoms. The van der Waals surface area contributed by atoms with E-state index in [1.54, 1.807) is 19.4 Å². The van der Waals surface area contributed by atoms with Crippen LogP contribution in [-0.4, -0.2) is 24.0 Å². The third-order valence-corrected chi connectivity index (χ3v) is 3.35. The summed E-state index contributed by atoms with van der Waals surface area (Å²) in [6.45, 7) is 0. The monoisotopic (exact) mass is 283 g/mol. The average molecular weight is 283 g/mol. The molecule has 0 spiro atoms. The van der Waals surface area contributed by atoms with Gasteiger partial charge < -0.3 is 9.47 Å². The lowest BCUT2D eigenvalue weighted by atomic mass is 10.0. The first-order chi connectivity index (χ1) is 10.2. The van der Waals surface area contributed by atoms with Crippen molar-refractivity contribution in [3.8, 4) is 11.6 Å². The van der Waals surface area contributed by atoms with E-state index >= 15 is 0 Å². The Morgan fingerprint density at radius 1 is 1.29 bits per heavy atom. The van der Waals surface area contributed by atoms with Gasteiger partial charge in [-0.2, -0.15) is 0 Å². The van der Waals surface area contributed by atoms with Crippen molar-refractivity contribution in [3.05, 3.63) is 53.7 Å². The molecule has 0 unspecified atom stereocenters. The topological polar surface area (TPSA) is 48.4 Å². The fourth-order valence-electron chi connectivity index (χ4n) is 2.04. The zero-order valence-corrected chi connectivity index (χ0v) is 11.9. The number of methoxy groups -OCH3 is 1. The zero-order chi connectivity index (χ0) is 14.7. The van der Waals surface area contributed by atoms with Gasteiger partial charge in [0.15, 0.2) is 5.78 Å². The normalized spacial score (nSPS) is 13.8. The summed E-state index contributed by atoms with van der Waals surface area (Å²) in [5, 5.41) is 0. The number of nitrogens with zero attached hydrogens (tertiary/aromatic N) is 1. The maximum atomic E-state index is 12.3. The highest BCUT2D eigenvalue weighted by molar-refractivity contribution is 5.97. The molecule has 1 fully saturated rings. The number of ketones is 1. The van der Waals surface area contributed by atoms with Gasteiger partial charge in [-0.1, -0.05) is 18.2 Å². The van der Waals surface area contributed by atoms with Crippen molar-refractivity contribution < 1.29 is 14.3 Å². The van der Waals surface area contributed by atoms with Crippen LogP contribution in [0.3, 0.4) is 0 Å². The summed E-state index contributed by atoms with van der Waals surface area (Å²) >= 11 is 0. The van der Waals surface area contributed by atoms with Crippen LogP contribution in [0.15, 0.2) is 42.6 Å². The third-order valence-electron chi connectivity index (χ3n) is 3.35. The quantitative estimate of drug-likeness (QED) is 0.764. The van der Waals surface area contributed by atoms with Gasteiger partial charge in [-0.15, -0.1) is 0 Å². The Balaban J connectivity index is 1.68. The number of Topliss-reactive ketones (excluding diaryl/α,β-unsaturated/α-hetero) is 1. The Labute approximate surface area is 123 Å². The summed E-state index contributed by atoms with van der Waals surface area (Å²) in [6, 6.07) is 11.0. The van der Waals surface area contributed by atoms with Crippen LogP contribution in [0.4, 0.5) is 0 Å². The average Bonchev–Trinajstić information content (AvgIpc) is 3.32. The molecule has 0 bridgehead atoms. The summed E-state index contributed by atoms with van der Waals surface area (Å²) in [4.78, 5) is 16.4. The van der Waals surface area contributed by atoms with Crippen molar-refractivity contribution in [3.63, 3.8) is 0 Å². The van der Waals surface area contributed by atoms with E-state index in [1.165, 1.54) is 0 Å². The number of ether oxygens (including phenoxy) is 2. The molecule has 1 heterocycles. The van der Waals surface area contributed by atoms with E-state index in [1.807, 2.05) is 30.3 Å². The van der Waals surface area contributed by atoms with Gasteiger partial charge >= 0.3 is 0 Å². The van der Waals surface area contributed by atoms with Gasteiger partial charge in [0.1, 0.15) is 5.75 Å². The van der Waals surface area contributed by atoms with Crippen LogP contribution in [0.25, 0.3) is 0 Å². The zero-order valence-electron chi connectivity index (χ0n) is 11.9. The molecule has 0 saturated heterocycles. The van der Waals surface area contributed by atoms with Crippen molar-refractivity contribution in [2.45, 2.75) is 25.4 Å². The smallest absolute Gasteiger partial charge is 0.212 e. The number of rotatable bonds is 6. The number of benzene rings is 1. The molecule has 108 valence electrons. The lowest BCUT2D eigenvalue weighted by Gasteiger charge is -2.07. The fourth-order valence-corrected chi connectivity index (χ4v) is 2.04. The van der Waals surface area contributed by atoms with E-state index in [0.717, 1.165) is 24.2 Å². The van der Waals surface area contributed by atoms with Gasteiger partial charge in [-0.25, -0.2) is 4.98 Å². The minimum Gasteiger partial charge on any atom is -0.490 e. The largest absolute Gasteiger partial charge is 0.490 e. The second-order valence-corrected chi connectivity index (χ2v) is 5.15. The van der Waals surface area contributed by atoms with Crippen LogP contribution in [-0.2, 0) is 6.42 Å². The summed E-state index contributed by atoms with van der Waals surface area (Å²) in [7, 11) is 1.57. The van der Waals surface area contributed by atoms with E-state index in [9.17, 15) is 4.79 Å². The van der Waals surface area contributed by atoms with Crippen LogP contribution >= 0.6 is 0 Å². The first kappa shape index (κ1) is 13.6. The van der Waals surface area contributed by atoms with Gasteiger partial charge in [-0.05, 0) is 30.5 Å². The van der Waals surface area contributed by atoms with Gasteiger partial charge in [0.25, 0.3) is 0 Å². The molecule has 1 aromatic carbocycles. The van der Waals surface area contributed by atoms with Crippen molar-refractivity contribution in [2.75, 3.05) is 7.11 Å². The third kappa shape index (κ3) is 3.60. The molecule has 3 rings (SSSR count). The Kier molecular flexibility index (Phi) is 3.86. The highest BCUT2D eigenvalue weighted by Gasteiger charge is 2.23. The second-order valence-electron chi connectivity index (χ2n) is 5.15. The van der Waals surface area contributed by atoms with Gasteiger partial charge in [0.2, 0.25) is 5.88 Å². The van der Waals surface area contributed by atoms with Gasteiger partial charge in [0, 0.05) is 24.2 Å². The van der Waals surface area contributed by atoms with E-state index in [4.69, 9.17) is 9.47 Å². The van der Waals surface area contributed by atoms with Crippen LogP contribution in [0.2, 0.25) is 0 Å². The number of carbonyl (C=O) groups is 1. The first-order valence-electron chi connectivity index (χ1n) is 7.03. The maximum absolute atomic E-state index is 12.3. The molecule has 1 aliphatic rings. The van der Waals surface area contributed by atoms with Crippen LogP contribution in [0, 0.1) is 0 Å². The molecule has 0 amide bonds. The Morgan fingerprint density at radius 3 is 2.81 bits per heavy atom. The van der Waals surface area contributed by atoms with Crippen molar-refractivity contribution in [2.24, 2.45) is 0 Å². The summed E-state index contributed by atoms with van der Waals surface area (Å²) in [5.41, 5.74) is 1.54. The number of hydrogen-bond acceptors (Lipinski definition) is 4. The first-order valence-corrected chi connectivity index (χ1v) is 7.03. The van der Waals surface area contributed by atoms with E-state index in [0.29, 0.717) is 24.0 Å². The van der Waals surface area contributed by atoms with Crippen molar-refractivity contribution in [1.82, 2.24) is 4.98 Å².